The lowest BCUT2D eigenvalue weighted by Gasteiger charge is -2.39. The van der Waals surface area contributed by atoms with Gasteiger partial charge in [0.15, 0.2) is 0 Å². The van der Waals surface area contributed by atoms with Crippen molar-refractivity contribution in [3.63, 3.8) is 0 Å². The topological polar surface area (TPSA) is 84.9 Å². The molecule has 1 spiro atoms. The molecular weight excluding hydrogens is 368 g/mol. The van der Waals surface area contributed by atoms with E-state index in [0.717, 1.165) is 0 Å². The summed E-state index contributed by atoms with van der Waals surface area (Å²) in [4.78, 5) is 14.1. The second kappa shape index (κ2) is 7.41. The van der Waals surface area contributed by atoms with E-state index in [1.807, 2.05) is 20.8 Å². The number of nitrogens with zero attached hydrogens (tertiary/aromatic N) is 1. The van der Waals surface area contributed by atoms with Gasteiger partial charge in [0.2, 0.25) is 10.0 Å². The Kier molecular flexibility index (Phi) is 5.52. The highest BCUT2D eigenvalue weighted by molar-refractivity contribution is 7.89. The van der Waals surface area contributed by atoms with Crippen LogP contribution in [0.15, 0.2) is 35.2 Å². The van der Waals surface area contributed by atoms with Gasteiger partial charge in [-0.3, -0.25) is 0 Å². The number of likely N-dealkylation sites (tertiary alicyclic amines) is 1. The Morgan fingerprint density at radius 3 is 2.44 bits per heavy atom. The smallest absolute Gasteiger partial charge is 0.410 e. The van der Waals surface area contributed by atoms with E-state index in [1.54, 1.807) is 35.2 Å². The summed E-state index contributed by atoms with van der Waals surface area (Å²) in [5, 5.41) is 0. The average Bonchev–Trinajstić information content (AvgIpc) is 2.96. The van der Waals surface area contributed by atoms with E-state index in [9.17, 15) is 13.2 Å². The molecule has 0 radical (unpaired) electrons. The van der Waals surface area contributed by atoms with E-state index in [2.05, 4.69) is 4.72 Å². The van der Waals surface area contributed by atoms with Gasteiger partial charge in [0.05, 0.1) is 17.1 Å². The van der Waals surface area contributed by atoms with Crippen molar-refractivity contribution in [2.45, 2.75) is 62.2 Å². The van der Waals surface area contributed by atoms with Gasteiger partial charge in [-0.05, 0) is 52.2 Å². The summed E-state index contributed by atoms with van der Waals surface area (Å²) in [7, 11) is -3.56. The normalized spacial score (nSPS) is 22.8. The quantitative estimate of drug-likeness (QED) is 0.849. The molecule has 1 amide bonds. The number of benzene rings is 1. The average molecular weight is 397 g/mol. The van der Waals surface area contributed by atoms with Crippen LogP contribution in [0.5, 0.6) is 0 Å². The van der Waals surface area contributed by atoms with E-state index in [-0.39, 0.29) is 22.6 Å². The van der Waals surface area contributed by atoms with Crippen molar-refractivity contribution in [1.29, 1.82) is 0 Å². The van der Waals surface area contributed by atoms with Crippen LogP contribution in [0.3, 0.4) is 0 Å². The minimum Gasteiger partial charge on any atom is -0.444 e. The number of nitrogens with one attached hydrogen (secondary N) is 1. The maximum Gasteiger partial charge on any atom is 0.410 e. The van der Waals surface area contributed by atoms with Gasteiger partial charge in [0.1, 0.15) is 5.60 Å². The first-order valence-electron chi connectivity index (χ1n) is 9.28. The van der Waals surface area contributed by atoms with Crippen molar-refractivity contribution >= 4 is 16.1 Å². The summed E-state index contributed by atoms with van der Waals surface area (Å²) < 4.78 is 39.2. The monoisotopic (exact) mass is 396 g/mol. The van der Waals surface area contributed by atoms with Crippen LogP contribution in [0.25, 0.3) is 0 Å². The van der Waals surface area contributed by atoms with Crippen molar-refractivity contribution in [3.05, 3.63) is 30.3 Å². The molecule has 0 unspecified atom stereocenters. The maximum atomic E-state index is 12.5. The Morgan fingerprint density at radius 2 is 1.85 bits per heavy atom. The van der Waals surface area contributed by atoms with Gasteiger partial charge >= 0.3 is 6.09 Å². The number of hydrogen-bond donors (Lipinski definition) is 1. The third kappa shape index (κ3) is 5.00. The van der Waals surface area contributed by atoms with E-state index >= 15 is 0 Å². The first kappa shape index (κ1) is 20.1. The van der Waals surface area contributed by atoms with Gasteiger partial charge in [0, 0.05) is 19.1 Å². The molecule has 0 saturated carbocycles. The van der Waals surface area contributed by atoms with Gasteiger partial charge in [-0.2, -0.15) is 0 Å². The van der Waals surface area contributed by atoms with Crippen LogP contribution in [-0.2, 0) is 19.5 Å². The van der Waals surface area contributed by atoms with Crippen molar-refractivity contribution in [1.82, 2.24) is 9.62 Å². The highest BCUT2D eigenvalue weighted by atomic mass is 32.2. The highest BCUT2D eigenvalue weighted by Crippen LogP contribution is 2.36. The molecule has 3 rings (SSSR count). The van der Waals surface area contributed by atoms with Crippen molar-refractivity contribution < 1.29 is 22.7 Å². The fourth-order valence-electron chi connectivity index (χ4n) is 3.58. The minimum atomic E-state index is -3.56. The van der Waals surface area contributed by atoms with Crippen molar-refractivity contribution in [3.8, 4) is 0 Å². The van der Waals surface area contributed by atoms with Gasteiger partial charge in [0.25, 0.3) is 0 Å². The molecule has 2 heterocycles. The number of carbonyl (C=O) groups is 1. The summed E-state index contributed by atoms with van der Waals surface area (Å²) in [6, 6.07) is 8.08. The van der Waals surface area contributed by atoms with E-state index in [1.165, 1.54) is 0 Å². The van der Waals surface area contributed by atoms with E-state index in [4.69, 9.17) is 9.47 Å². The Morgan fingerprint density at radius 1 is 1.22 bits per heavy atom. The molecule has 0 bridgehead atoms. The van der Waals surface area contributed by atoms with E-state index in [0.29, 0.717) is 39.0 Å². The molecule has 2 aliphatic rings. The van der Waals surface area contributed by atoms with Crippen LogP contribution in [-0.4, -0.2) is 56.4 Å². The maximum absolute atomic E-state index is 12.5. The second-order valence-electron chi connectivity index (χ2n) is 8.30. The summed E-state index contributed by atoms with van der Waals surface area (Å²) in [6.07, 6.45) is 1.66. The number of ether oxygens (including phenoxy) is 2. The van der Waals surface area contributed by atoms with Crippen LogP contribution >= 0.6 is 0 Å². The third-order valence-corrected chi connectivity index (χ3v) is 6.45. The third-order valence-electron chi connectivity index (χ3n) is 4.91. The minimum absolute atomic E-state index is 0.255. The molecule has 2 aliphatic heterocycles. The van der Waals surface area contributed by atoms with Crippen LogP contribution < -0.4 is 4.72 Å². The zero-order valence-corrected chi connectivity index (χ0v) is 16.9. The fourth-order valence-corrected chi connectivity index (χ4v) is 4.82. The first-order valence-corrected chi connectivity index (χ1v) is 10.8. The van der Waals surface area contributed by atoms with Crippen LogP contribution in [0, 0.1) is 0 Å². The lowest BCUT2D eigenvalue weighted by atomic mass is 9.88. The molecule has 1 aromatic carbocycles. The molecule has 1 aromatic rings. The number of rotatable bonds is 3. The molecule has 7 nitrogen and oxygen atoms in total. The zero-order chi connectivity index (χ0) is 19.7. The van der Waals surface area contributed by atoms with Crippen LogP contribution in [0.2, 0.25) is 0 Å². The summed E-state index contributed by atoms with van der Waals surface area (Å²) in [5.74, 6) is 0. The van der Waals surface area contributed by atoms with Gasteiger partial charge < -0.3 is 14.4 Å². The van der Waals surface area contributed by atoms with Crippen molar-refractivity contribution in [2.75, 3.05) is 19.7 Å². The molecule has 0 aliphatic carbocycles. The number of sulfonamides is 1. The summed E-state index contributed by atoms with van der Waals surface area (Å²) in [6.45, 7) is 6.98. The standard InChI is InChI=1S/C19H28N2O5S/c1-18(2,3)26-17(22)21-11-9-19(10-12-21)13-15(14-25-19)20-27(23,24)16-7-5-4-6-8-16/h4-8,15,20H,9-14H2,1-3H3/t15-/m1/s1. The number of carbonyl (C=O) groups excluding carboxylic acids is 1. The first-order chi connectivity index (χ1) is 12.6. The summed E-state index contributed by atoms with van der Waals surface area (Å²) in [5.41, 5.74) is -0.890. The largest absolute Gasteiger partial charge is 0.444 e. The molecular formula is C19H28N2O5S. The Labute approximate surface area is 161 Å². The van der Waals surface area contributed by atoms with Gasteiger partial charge in [-0.1, -0.05) is 18.2 Å². The molecule has 1 N–H and O–H groups in total. The molecule has 1 atom stereocenters. The molecule has 0 aromatic heterocycles. The molecule has 2 saturated heterocycles. The summed E-state index contributed by atoms with van der Waals surface area (Å²) >= 11 is 0. The fraction of sp³-hybridized carbons (Fsp3) is 0.632. The predicted octanol–water partition coefficient (Wildman–Crippen LogP) is 2.52. The molecule has 8 heteroatoms. The lowest BCUT2D eigenvalue weighted by molar-refractivity contribution is -0.0485. The van der Waals surface area contributed by atoms with Crippen LogP contribution in [0.4, 0.5) is 4.79 Å². The SMILES string of the molecule is CC(C)(C)OC(=O)N1CCC2(CC1)C[C@@H](NS(=O)(=O)c1ccccc1)CO2. The Balaban J connectivity index is 1.55. The lowest BCUT2D eigenvalue weighted by Crippen LogP contribution is -2.48. The molecule has 2 fully saturated rings. The van der Waals surface area contributed by atoms with E-state index < -0.39 is 15.6 Å². The second-order valence-corrected chi connectivity index (χ2v) is 10.0. The number of hydrogen-bond acceptors (Lipinski definition) is 5. The predicted molar refractivity (Wildman–Crippen MR) is 101 cm³/mol. The number of amides is 1. The molecule has 150 valence electrons. The number of piperidine rings is 1. The molecule has 27 heavy (non-hydrogen) atoms. The Hall–Kier alpha value is -1.64. The van der Waals surface area contributed by atoms with Crippen LogP contribution in [0.1, 0.15) is 40.0 Å². The Bertz CT molecular complexity index is 765. The van der Waals surface area contributed by atoms with Crippen molar-refractivity contribution in [2.24, 2.45) is 0 Å². The van der Waals surface area contributed by atoms with Gasteiger partial charge in [-0.15, -0.1) is 0 Å². The highest BCUT2D eigenvalue weighted by Gasteiger charge is 2.44. The van der Waals surface area contributed by atoms with Gasteiger partial charge in [-0.25, -0.2) is 17.9 Å². The zero-order valence-electron chi connectivity index (χ0n) is 16.1.